The second kappa shape index (κ2) is 6.44. The topological polar surface area (TPSA) is 52.9 Å². The predicted molar refractivity (Wildman–Crippen MR) is 75.0 cm³/mol. The molecule has 0 aliphatic carbocycles. The molecule has 0 atom stereocenters. The molecule has 5 heteroatoms. The van der Waals surface area contributed by atoms with E-state index in [-0.39, 0.29) is 5.57 Å². The molecule has 104 valence electrons. The zero-order valence-electron chi connectivity index (χ0n) is 10.8. The summed E-state index contributed by atoms with van der Waals surface area (Å²) >= 11 is 0. The normalized spacial score (nSPS) is 10.8. The quantitative estimate of drug-likeness (QED) is 0.692. The van der Waals surface area contributed by atoms with Crippen LogP contribution in [0.3, 0.4) is 0 Å². The SMILES string of the molecule is N#C/C(=C/c1ccc(F)cc1)C(=O)Nc1ccc(F)cc1. The summed E-state index contributed by atoms with van der Waals surface area (Å²) in [6.07, 6.45) is 1.35. The molecule has 1 N–H and O–H groups in total. The van der Waals surface area contributed by atoms with Crippen LogP contribution in [0.15, 0.2) is 54.1 Å². The van der Waals surface area contributed by atoms with Gasteiger partial charge in [0.2, 0.25) is 0 Å². The summed E-state index contributed by atoms with van der Waals surface area (Å²) in [5.74, 6) is -1.44. The predicted octanol–water partition coefficient (Wildman–Crippen LogP) is 3.51. The smallest absolute Gasteiger partial charge is 0.266 e. The minimum Gasteiger partial charge on any atom is -0.321 e. The number of nitrogens with zero attached hydrogens (tertiary/aromatic N) is 1. The van der Waals surface area contributed by atoms with Gasteiger partial charge in [0.25, 0.3) is 5.91 Å². The fourth-order valence-corrected chi connectivity index (χ4v) is 1.61. The number of hydrogen-bond donors (Lipinski definition) is 1. The highest BCUT2D eigenvalue weighted by Gasteiger charge is 2.09. The van der Waals surface area contributed by atoms with Crippen molar-refractivity contribution in [1.82, 2.24) is 0 Å². The Bertz CT molecular complexity index is 713. The molecular weight excluding hydrogens is 274 g/mol. The van der Waals surface area contributed by atoms with Crippen LogP contribution >= 0.6 is 0 Å². The van der Waals surface area contributed by atoms with Gasteiger partial charge in [-0.15, -0.1) is 0 Å². The van der Waals surface area contributed by atoms with Gasteiger partial charge in [0.05, 0.1) is 0 Å². The summed E-state index contributed by atoms with van der Waals surface area (Å²) in [4.78, 5) is 11.9. The van der Waals surface area contributed by atoms with E-state index in [1.807, 2.05) is 0 Å². The van der Waals surface area contributed by atoms with Crippen LogP contribution in [0.2, 0.25) is 0 Å². The van der Waals surface area contributed by atoms with Gasteiger partial charge < -0.3 is 5.32 Å². The van der Waals surface area contributed by atoms with Crippen molar-refractivity contribution < 1.29 is 13.6 Å². The molecule has 0 spiro atoms. The van der Waals surface area contributed by atoms with Gasteiger partial charge in [-0.05, 0) is 48.0 Å². The molecule has 0 aliphatic rings. The van der Waals surface area contributed by atoms with Crippen LogP contribution in [0.25, 0.3) is 6.08 Å². The molecule has 3 nitrogen and oxygen atoms in total. The highest BCUT2D eigenvalue weighted by Crippen LogP contribution is 2.12. The van der Waals surface area contributed by atoms with E-state index in [1.165, 1.54) is 54.6 Å². The first-order valence-electron chi connectivity index (χ1n) is 6.03. The molecule has 2 aromatic carbocycles. The summed E-state index contributed by atoms with van der Waals surface area (Å²) in [6.45, 7) is 0. The molecule has 0 bridgehead atoms. The molecule has 0 aliphatic heterocycles. The van der Waals surface area contributed by atoms with Gasteiger partial charge in [0, 0.05) is 5.69 Å². The largest absolute Gasteiger partial charge is 0.321 e. The number of benzene rings is 2. The van der Waals surface area contributed by atoms with E-state index in [4.69, 9.17) is 5.26 Å². The summed E-state index contributed by atoms with van der Waals surface area (Å²) < 4.78 is 25.6. The molecule has 0 heterocycles. The molecule has 1 amide bonds. The van der Waals surface area contributed by atoms with E-state index in [2.05, 4.69) is 5.32 Å². The van der Waals surface area contributed by atoms with Crippen LogP contribution < -0.4 is 5.32 Å². The lowest BCUT2D eigenvalue weighted by Gasteiger charge is -2.04. The number of nitriles is 1. The molecule has 0 unspecified atom stereocenters. The van der Waals surface area contributed by atoms with Crippen LogP contribution in [0, 0.1) is 23.0 Å². The number of amides is 1. The maximum Gasteiger partial charge on any atom is 0.266 e. The number of hydrogen-bond acceptors (Lipinski definition) is 2. The summed E-state index contributed by atoms with van der Waals surface area (Å²) in [6, 6.07) is 12.3. The zero-order chi connectivity index (χ0) is 15.2. The molecule has 21 heavy (non-hydrogen) atoms. The van der Waals surface area contributed by atoms with E-state index in [9.17, 15) is 13.6 Å². The minimum atomic E-state index is -0.617. The second-order valence-corrected chi connectivity index (χ2v) is 4.18. The monoisotopic (exact) mass is 284 g/mol. The second-order valence-electron chi connectivity index (χ2n) is 4.18. The Morgan fingerprint density at radius 3 is 2.05 bits per heavy atom. The average molecular weight is 284 g/mol. The number of halogens is 2. The number of carbonyl (C=O) groups excluding carboxylic acids is 1. The fraction of sp³-hybridized carbons (Fsp3) is 0. The Labute approximate surface area is 120 Å². The van der Waals surface area contributed by atoms with Crippen molar-refractivity contribution in [3.63, 3.8) is 0 Å². The van der Waals surface area contributed by atoms with Crippen LogP contribution in [-0.2, 0) is 4.79 Å². The maximum absolute atomic E-state index is 12.8. The van der Waals surface area contributed by atoms with E-state index in [0.717, 1.165) is 0 Å². The van der Waals surface area contributed by atoms with Gasteiger partial charge in [0.1, 0.15) is 23.3 Å². The summed E-state index contributed by atoms with van der Waals surface area (Å²) in [5, 5.41) is 11.5. The molecule has 0 fully saturated rings. The molecule has 0 saturated carbocycles. The number of nitrogens with one attached hydrogen (secondary N) is 1. The van der Waals surface area contributed by atoms with Crippen molar-refractivity contribution in [2.24, 2.45) is 0 Å². The van der Waals surface area contributed by atoms with E-state index in [1.54, 1.807) is 6.07 Å². The molecule has 0 saturated heterocycles. The molecule has 0 aromatic heterocycles. The lowest BCUT2D eigenvalue weighted by molar-refractivity contribution is -0.112. The van der Waals surface area contributed by atoms with Crippen LogP contribution in [0.1, 0.15) is 5.56 Å². The first-order valence-corrected chi connectivity index (χ1v) is 6.03. The van der Waals surface area contributed by atoms with Crippen molar-refractivity contribution in [1.29, 1.82) is 5.26 Å². The third-order valence-corrected chi connectivity index (χ3v) is 2.65. The molecule has 0 radical (unpaired) electrons. The highest BCUT2D eigenvalue weighted by atomic mass is 19.1. The molecule has 2 rings (SSSR count). The first-order chi connectivity index (χ1) is 10.1. The Morgan fingerprint density at radius 2 is 1.52 bits per heavy atom. The van der Waals surface area contributed by atoms with Crippen molar-refractivity contribution in [2.45, 2.75) is 0 Å². The molecular formula is C16H10F2N2O. The molecule has 2 aromatic rings. The average Bonchev–Trinajstić information content (AvgIpc) is 2.49. The van der Waals surface area contributed by atoms with E-state index >= 15 is 0 Å². The van der Waals surface area contributed by atoms with Gasteiger partial charge >= 0.3 is 0 Å². The Hall–Kier alpha value is -3.00. The Kier molecular flexibility index (Phi) is 4.42. The van der Waals surface area contributed by atoms with E-state index in [0.29, 0.717) is 11.3 Å². The van der Waals surface area contributed by atoms with Crippen molar-refractivity contribution in [3.8, 4) is 6.07 Å². The van der Waals surface area contributed by atoms with Crippen LogP contribution in [0.5, 0.6) is 0 Å². The lowest BCUT2D eigenvalue weighted by Crippen LogP contribution is -2.13. The van der Waals surface area contributed by atoms with Gasteiger partial charge in [-0.25, -0.2) is 8.78 Å². The standard InChI is InChI=1S/C16H10F2N2O/c17-13-3-1-11(2-4-13)9-12(10-19)16(21)20-15-7-5-14(18)6-8-15/h1-9H,(H,20,21)/b12-9-. The van der Waals surface area contributed by atoms with Crippen LogP contribution in [0.4, 0.5) is 14.5 Å². The number of carbonyl (C=O) groups is 1. The summed E-state index contributed by atoms with van der Waals surface area (Å²) in [5.41, 5.74) is 0.773. The Morgan fingerprint density at radius 1 is 1.00 bits per heavy atom. The minimum absolute atomic E-state index is 0.133. The van der Waals surface area contributed by atoms with Gasteiger partial charge in [-0.3, -0.25) is 4.79 Å². The zero-order valence-corrected chi connectivity index (χ0v) is 10.8. The number of anilines is 1. The van der Waals surface area contributed by atoms with Crippen LogP contribution in [-0.4, -0.2) is 5.91 Å². The fourth-order valence-electron chi connectivity index (χ4n) is 1.61. The number of rotatable bonds is 3. The third kappa shape index (κ3) is 3.98. The maximum atomic E-state index is 12.8. The Balaban J connectivity index is 2.17. The van der Waals surface area contributed by atoms with Crippen molar-refractivity contribution in [3.05, 3.63) is 71.3 Å². The summed E-state index contributed by atoms with van der Waals surface area (Å²) in [7, 11) is 0. The van der Waals surface area contributed by atoms with Crippen molar-refractivity contribution in [2.75, 3.05) is 5.32 Å². The highest BCUT2D eigenvalue weighted by molar-refractivity contribution is 6.09. The van der Waals surface area contributed by atoms with Gasteiger partial charge in [-0.2, -0.15) is 5.26 Å². The lowest BCUT2D eigenvalue weighted by atomic mass is 10.1. The van der Waals surface area contributed by atoms with Crippen molar-refractivity contribution >= 4 is 17.7 Å². The van der Waals surface area contributed by atoms with Gasteiger partial charge in [-0.1, -0.05) is 12.1 Å². The van der Waals surface area contributed by atoms with Gasteiger partial charge in [0.15, 0.2) is 0 Å². The van der Waals surface area contributed by atoms with E-state index < -0.39 is 17.5 Å². The first kappa shape index (κ1) is 14.4. The third-order valence-electron chi connectivity index (χ3n) is 2.65.